The van der Waals surface area contributed by atoms with Gasteiger partial charge in [-0.3, -0.25) is 9.59 Å². The van der Waals surface area contributed by atoms with Gasteiger partial charge >= 0.3 is 0 Å². The highest BCUT2D eigenvalue weighted by atomic mass is 32.1. The van der Waals surface area contributed by atoms with E-state index in [1.54, 1.807) is 34.4 Å². The number of ether oxygens (including phenoxy) is 2. The van der Waals surface area contributed by atoms with Crippen LogP contribution in [0.3, 0.4) is 0 Å². The van der Waals surface area contributed by atoms with Crippen molar-refractivity contribution in [3.8, 4) is 11.5 Å². The van der Waals surface area contributed by atoms with Gasteiger partial charge in [-0.1, -0.05) is 0 Å². The Hall–Kier alpha value is -2.54. The highest BCUT2D eigenvalue weighted by molar-refractivity contribution is 7.12. The lowest BCUT2D eigenvalue weighted by Crippen LogP contribution is -2.38. The third-order valence-electron chi connectivity index (χ3n) is 4.10. The number of thiophene rings is 1. The Kier molecular flexibility index (Phi) is 5.46. The first-order chi connectivity index (χ1) is 12.5. The molecule has 0 spiro atoms. The van der Waals surface area contributed by atoms with Crippen LogP contribution < -0.4 is 14.8 Å². The number of aryl methyl sites for hydroxylation is 2. The molecule has 0 fully saturated rings. The van der Waals surface area contributed by atoms with E-state index < -0.39 is 0 Å². The third kappa shape index (κ3) is 3.99. The van der Waals surface area contributed by atoms with Gasteiger partial charge in [-0.05, 0) is 39.0 Å². The predicted molar refractivity (Wildman–Crippen MR) is 101 cm³/mol. The molecule has 7 heteroatoms. The van der Waals surface area contributed by atoms with Crippen LogP contribution in [0.25, 0.3) is 0 Å². The van der Waals surface area contributed by atoms with Gasteiger partial charge in [0.1, 0.15) is 19.8 Å². The molecule has 0 atom stereocenters. The van der Waals surface area contributed by atoms with E-state index in [1.807, 2.05) is 26.8 Å². The van der Waals surface area contributed by atoms with Crippen LogP contribution in [0.4, 0.5) is 5.69 Å². The van der Waals surface area contributed by atoms with Gasteiger partial charge < -0.3 is 19.7 Å². The van der Waals surface area contributed by atoms with E-state index in [1.165, 1.54) is 0 Å². The first-order valence-electron chi connectivity index (χ1n) is 8.53. The minimum absolute atomic E-state index is 0.00188. The first-order valence-corrected chi connectivity index (χ1v) is 9.35. The molecule has 0 saturated carbocycles. The van der Waals surface area contributed by atoms with Gasteiger partial charge in [0, 0.05) is 28.1 Å². The van der Waals surface area contributed by atoms with Gasteiger partial charge in [-0.2, -0.15) is 0 Å². The topological polar surface area (TPSA) is 67.9 Å². The van der Waals surface area contributed by atoms with Crippen molar-refractivity contribution in [3.05, 3.63) is 39.6 Å². The zero-order valence-corrected chi connectivity index (χ0v) is 15.9. The van der Waals surface area contributed by atoms with Crippen LogP contribution in [-0.4, -0.2) is 43.0 Å². The Bertz CT molecular complexity index is 831. The maximum Gasteiger partial charge on any atom is 0.255 e. The summed E-state index contributed by atoms with van der Waals surface area (Å²) in [6, 6.07) is 7.14. The lowest BCUT2D eigenvalue weighted by Gasteiger charge is -2.21. The van der Waals surface area contributed by atoms with Crippen molar-refractivity contribution in [2.45, 2.75) is 20.8 Å². The predicted octanol–water partition coefficient (Wildman–Crippen LogP) is 3.24. The van der Waals surface area contributed by atoms with Crippen LogP contribution in [0.5, 0.6) is 11.5 Å². The number of fused-ring (bicyclic) bond motifs is 1. The van der Waals surface area contributed by atoms with Gasteiger partial charge in [-0.25, -0.2) is 0 Å². The average Bonchev–Trinajstić information content (AvgIpc) is 2.97. The molecule has 2 aromatic rings. The Morgan fingerprint density at radius 1 is 1.15 bits per heavy atom. The SMILES string of the molecule is CCN(CC(=O)Nc1ccc2c(c1)OCCO2)C(=O)c1cc(C)sc1C. The van der Waals surface area contributed by atoms with Crippen molar-refractivity contribution in [1.82, 2.24) is 4.90 Å². The zero-order chi connectivity index (χ0) is 18.7. The highest BCUT2D eigenvalue weighted by Crippen LogP contribution is 2.32. The second-order valence-corrected chi connectivity index (χ2v) is 7.51. The summed E-state index contributed by atoms with van der Waals surface area (Å²) in [5, 5.41) is 2.82. The summed E-state index contributed by atoms with van der Waals surface area (Å²) in [7, 11) is 0. The van der Waals surface area contributed by atoms with Crippen molar-refractivity contribution >= 4 is 28.8 Å². The quantitative estimate of drug-likeness (QED) is 0.872. The van der Waals surface area contributed by atoms with E-state index >= 15 is 0 Å². The Balaban J connectivity index is 1.66. The summed E-state index contributed by atoms with van der Waals surface area (Å²) >= 11 is 1.59. The number of likely N-dealkylation sites (N-methyl/N-ethyl adjacent to an activating group) is 1. The van der Waals surface area contributed by atoms with Crippen molar-refractivity contribution in [2.75, 3.05) is 31.6 Å². The summed E-state index contributed by atoms with van der Waals surface area (Å²) in [4.78, 5) is 28.7. The number of rotatable bonds is 5. The molecular formula is C19H22N2O4S. The number of nitrogens with zero attached hydrogens (tertiary/aromatic N) is 1. The normalized spacial score (nSPS) is 12.6. The lowest BCUT2D eigenvalue weighted by atomic mass is 10.2. The largest absolute Gasteiger partial charge is 0.486 e. The lowest BCUT2D eigenvalue weighted by molar-refractivity contribution is -0.116. The molecule has 2 heterocycles. The van der Waals surface area contributed by atoms with E-state index in [0.717, 1.165) is 9.75 Å². The van der Waals surface area contributed by atoms with Crippen molar-refractivity contribution < 1.29 is 19.1 Å². The summed E-state index contributed by atoms with van der Waals surface area (Å²) < 4.78 is 11.0. The van der Waals surface area contributed by atoms with Crippen LogP contribution >= 0.6 is 11.3 Å². The number of amides is 2. The zero-order valence-electron chi connectivity index (χ0n) is 15.1. The molecule has 1 aliphatic heterocycles. The summed E-state index contributed by atoms with van der Waals surface area (Å²) in [6.07, 6.45) is 0. The third-order valence-corrected chi connectivity index (χ3v) is 5.07. The average molecular weight is 374 g/mol. The molecule has 3 rings (SSSR count). The fourth-order valence-corrected chi connectivity index (χ4v) is 3.75. The Morgan fingerprint density at radius 2 is 1.88 bits per heavy atom. The molecule has 0 saturated heterocycles. The van der Waals surface area contributed by atoms with E-state index in [2.05, 4.69) is 5.32 Å². The first kappa shape index (κ1) is 18.3. The maximum absolute atomic E-state index is 12.7. The van der Waals surface area contributed by atoms with Gasteiger partial charge in [0.15, 0.2) is 11.5 Å². The Morgan fingerprint density at radius 3 is 2.54 bits per heavy atom. The number of carbonyl (C=O) groups is 2. The molecule has 0 radical (unpaired) electrons. The molecule has 26 heavy (non-hydrogen) atoms. The second kappa shape index (κ2) is 7.78. The molecule has 0 aliphatic carbocycles. The monoisotopic (exact) mass is 374 g/mol. The minimum atomic E-state index is -0.249. The summed E-state index contributed by atoms with van der Waals surface area (Å²) in [5.41, 5.74) is 1.28. The van der Waals surface area contributed by atoms with Crippen molar-refractivity contribution in [3.63, 3.8) is 0 Å². The maximum atomic E-state index is 12.7. The molecule has 1 aliphatic rings. The van der Waals surface area contributed by atoms with Crippen molar-refractivity contribution in [2.24, 2.45) is 0 Å². The Labute approximate surface area is 156 Å². The smallest absolute Gasteiger partial charge is 0.255 e. The molecule has 138 valence electrons. The van der Waals surface area contributed by atoms with Crippen LogP contribution in [0.1, 0.15) is 27.0 Å². The summed E-state index contributed by atoms with van der Waals surface area (Å²) in [5.74, 6) is 0.915. The number of hydrogen-bond donors (Lipinski definition) is 1. The fraction of sp³-hybridized carbons (Fsp3) is 0.368. The molecule has 1 aromatic heterocycles. The van der Waals surface area contributed by atoms with Crippen LogP contribution in [0.15, 0.2) is 24.3 Å². The van der Waals surface area contributed by atoms with Gasteiger partial charge in [0.05, 0.1) is 5.56 Å². The van der Waals surface area contributed by atoms with Gasteiger partial charge in [0.25, 0.3) is 5.91 Å². The summed E-state index contributed by atoms with van der Waals surface area (Å²) in [6.45, 7) is 7.23. The second-order valence-electron chi connectivity index (χ2n) is 6.05. The van der Waals surface area contributed by atoms with E-state index in [9.17, 15) is 9.59 Å². The number of anilines is 1. The molecular weight excluding hydrogens is 352 g/mol. The molecule has 0 bridgehead atoms. The van der Waals surface area contributed by atoms with Gasteiger partial charge in [0.2, 0.25) is 5.91 Å². The van der Waals surface area contributed by atoms with E-state index in [-0.39, 0.29) is 18.4 Å². The van der Waals surface area contributed by atoms with E-state index in [4.69, 9.17) is 9.47 Å². The van der Waals surface area contributed by atoms with Crippen LogP contribution in [0.2, 0.25) is 0 Å². The molecule has 1 N–H and O–H groups in total. The number of hydrogen-bond acceptors (Lipinski definition) is 5. The minimum Gasteiger partial charge on any atom is -0.486 e. The van der Waals surface area contributed by atoms with Crippen LogP contribution in [-0.2, 0) is 4.79 Å². The molecule has 0 unspecified atom stereocenters. The highest BCUT2D eigenvalue weighted by Gasteiger charge is 2.21. The molecule has 1 aromatic carbocycles. The number of benzene rings is 1. The fourth-order valence-electron chi connectivity index (χ4n) is 2.84. The van der Waals surface area contributed by atoms with E-state index in [0.29, 0.717) is 42.5 Å². The number of nitrogens with one attached hydrogen (secondary N) is 1. The van der Waals surface area contributed by atoms with Crippen LogP contribution in [0, 0.1) is 13.8 Å². The van der Waals surface area contributed by atoms with Gasteiger partial charge in [-0.15, -0.1) is 11.3 Å². The number of carbonyl (C=O) groups excluding carboxylic acids is 2. The molecule has 6 nitrogen and oxygen atoms in total. The molecule has 2 amide bonds. The van der Waals surface area contributed by atoms with Crippen molar-refractivity contribution in [1.29, 1.82) is 0 Å². The standard InChI is InChI=1S/C19H22N2O4S/c1-4-21(19(23)15-9-12(2)26-13(15)3)11-18(22)20-14-5-6-16-17(10-14)25-8-7-24-16/h5-6,9-10H,4,7-8,11H2,1-3H3,(H,20,22).